The van der Waals surface area contributed by atoms with Gasteiger partial charge in [0.05, 0.1) is 69.3 Å². The lowest BCUT2D eigenvalue weighted by molar-refractivity contribution is 0.353. The number of pyridine rings is 5. The monoisotopic (exact) mass is 1760 g/mol. The Hall–Kier alpha value is -14.2. The summed E-state index contributed by atoms with van der Waals surface area (Å²) in [6.07, 6.45) is 16.5. The molecular weight excluding hydrogens is 1660 g/mol. The summed E-state index contributed by atoms with van der Waals surface area (Å²) in [6.45, 7) is 28.1. The Morgan fingerprint density at radius 2 is 0.721 bits per heavy atom. The average Bonchev–Trinajstić information content (AvgIpc) is 1.65. The maximum Gasteiger partial charge on any atom is 0.258 e. The molecule has 5 N–H and O–H groups in total. The molecule has 0 amide bonds. The highest BCUT2D eigenvalue weighted by molar-refractivity contribution is 6.30. The minimum absolute atomic E-state index is 0.0397. The molecule has 0 aliphatic carbocycles. The van der Waals surface area contributed by atoms with Gasteiger partial charge in [-0.25, -0.2) is 39.3 Å². The molecule has 33 nitrogen and oxygen atoms in total. The third-order valence-corrected chi connectivity index (χ3v) is 23.5. The molecule has 129 heavy (non-hydrogen) atoms. The van der Waals surface area contributed by atoms with Crippen molar-refractivity contribution in [3.05, 3.63) is 276 Å². The lowest BCUT2D eigenvalue weighted by Gasteiger charge is -2.40. The SMILES string of the molecule is C[C@H]1CN(c2ccc3nc(-c4cnn(C)c4)cc(=O)n3c2)CCN1.Cc1nc2ccc(-c3cc(=O)n4cc(N5CCNC(C)(C)C5)ccc4n3)cc2o1.Cc1nc2ccc(-c3cc(=O)n4cc(N5CCN[C@H](C)C5)ccc4n3)cc2o1.Cn1cc(-c2cc(=O)n3cc(N4CCNCC4)ccc3n2)cn1.O=c1cc(-c2cc(F)cc(Cl)c2)nc2ccc(N3CCNCC3)cn12. The second kappa shape index (κ2) is 36.7. The van der Waals surface area contributed by atoms with Crippen LogP contribution in [0.25, 0.3) is 107 Å². The third kappa shape index (κ3) is 19.4. The highest BCUT2D eigenvalue weighted by Crippen LogP contribution is 2.31. The maximum absolute atomic E-state index is 13.6. The standard InChI is InChI=1S/C22H23N5O2.C21H21N5O2.C18H16ClFN4O.C17H20N6O.C16H18N6O/c1-14-24-17-6-4-15(10-19(17)29-14)18-11-21(28)27-12-16(5-7-20(27)25-18)26-9-8-23-22(2,3)13-26;1-13-11-25(8-7-22-13)16-4-6-20-24-18(10-21(27)26(20)12-16)15-3-5-17-19(9-15)28-14(2)23-17;19-13-7-12(8-14(20)9-13)16-10-18(25)24-11-15(1-2-17(24)22-16)23-5-3-21-4-6-23;1-12-9-22(6-5-18-12)14-3-4-16-20-15(7-17(24)23(16)11-14)13-8-19-21(2)10-13;1-20-10-12(9-18-20)14-8-16(23)22-11-13(2-3-15(22)19-14)21-6-4-17-5-7-21/h4-7,10-12,23H,8-9,13H2,1-3H3;3-6,9-10,12-13,22H,7-8,11H2,1-2H3;1-2,7-11,21H,3-6H2;3-4,7-8,10-12,18H,5-6,9H2,1-2H3;2-3,8-11,17H,4-7H2,1H3/t;13-;;12-;/m.1.0./s1. The highest BCUT2D eigenvalue weighted by atomic mass is 35.5. The lowest BCUT2D eigenvalue weighted by Crippen LogP contribution is -2.57. The Morgan fingerprint density at radius 1 is 0.380 bits per heavy atom. The molecule has 660 valence electrons. The zero-order valence-corrected chi connectivity index (χ0v) is 73.5. The van der Waals surface area contributed by atoms with Gasteiger partial charge in [0.15, 0.2) is 22.9 Å². The summed E-state index contributed by atoms with van der Waals surface area (Å²) in [6, 6.07) is 43.6. The first kappa shape index (κ1) is 85.6. The van der Waals surface area contributed by atoms with E-state index in [1.165, 1.54) is 22.6 Å². The van der Waals surface area contributed by atoms with Crippen molar-refractivity contribution >= 4 is 90.5 Å². The minimum Gasteiger partial charge on any atom is -0.441 e. The van der Waals surface area contributed by atoms with E-state index in [1.807, 2.05) is 162 Å². The third-order valence-electron chi connectivity index (χ3n) is 23.3. The molecule has 0 unspecified atom stereocenters. The number of aromatic nitrogens is 16. The van der Waals surface area contributed by atoms with Crippen LogP contribution in [0.15, 0.2) is 234 Å². The number of oxazole rings is 2. The number of benzene rings is 3. The molecule has 5 saturated heterocycles. The van der Waals surface area contributed by atoms with Crippen LogP contribution in [-0.2, 0) is 14.1 Å². The fourth-order valence-electron chi connectivity index (χ4n) is 16.9. The van der Waals surface area contributed by atoms with Crippen LogP contribution in [0.5, 0.6) is 0 Å². The van der Waals surface area contributed by atoms with E-state index in [0.717, 1.165) is 173 Å². The molecule has 5 fully saturated rings. The Balaban J connectivity index is 0.000000109. The first-order valence-corrected chi connectivity index (χ1v) is 43.5. The Kier molecular flexibility index (Phi) is 24.3. The number of nitrogens with zero attached hydrogens (tertiary/aromatic N) is 21. The van der Waals surface area contributed by atoms with Gasteiger partial charge in [0, 0.05) is 263 Å². The molecule has 2 atom stereocenters. The first-order valence-electron chi connectivity index (χ1n) is 43.1. The molecule has 14 aromatic heterocycles. The fourth-order valence-corrected chi connectivity index (χ4v) is 17.1. The zero-order chi connectivity index (χ0) is 89.3. The normalized spacial score (nSPS) is 16.5. The van der Waals surface area contributed by atoms with Gasteiger partial charge in [-0.3, -0.25) is 55.3 Å². The van der Waals surface area contributed by atoms with Crippen LogP contribution < -0.4 is 78.9 Å². The Bertz CT molecular complexity index is 7370. The molecule has 35 heteroatoms. The summed E-state index contributed by atoms with van der Waals surface area (Å²) in [7, 11) is 3.69. The van der Waals surface area contributed by atoms with Crippen LogP contribution in [0.2, 0.25) is 5.02 Å². The van der Waals surface area contributed by atoms with Crippen LogP contribution in [0.1, 0.15) is 39.5 Å². The van der Waals surface area contributed by atoms with Crippen LogP contribution in [0.3, 0.4) is 0 Å². The number of anilines is 5. The second-order valence-electron chi connectivity index (χ2n) is 33.6. The van der Waals surface area contributed by atoms with E-state index in [9.17, 15) is 28.4 Å². The molecule has 17 aromatic rings. The second-order valence-corrected chi connectivity index (χ2v) is 34.0. The maximum atomic E-state index is 13.6. The fraction of sp³-hybridized carbons (Fsp3) is 0.298. The number of hydrogen-bond donors (Lipinski definition) is 5. The summed E-state index contributed by atoms with van der Waals surface area (Å²) in [5, 5.41) is 25.6. The van der Waals surface area contributed by atoms with Crippen LogP contribution in [-0.4, -0.2) is 205 Å². The van der Waals surface area contributed by atoms with Crippen molar-refractivity contribution in [1.29, 1.82) is 0 Å². The number of halogens is 2. The molecule has 22 rings (SSSR count). The number of fused-ring (bicyclic) bond motifs is 7. The largest absolute Gasteiger partial charge is 0.441 e. The van der Waals surface area contributed by atoms with Crippen LogP contribution >= 0.6 is 11.6 Å². The first-order chi connectivity index (χ1) is 62.3. The molecule has 5 aliphatic heterocycles. The van der Waals surface area contributed by atoms with Gasteiger partial charge in [0.2, 0.25) is 0 Å². The van der Waals surface area contributed by atoms with E-state index in [1.54, 1.807) is 75.9 Å². The molecule has 3 aromatic carbocycles. The van der Waals surface area contributed by atoms with Gasteiger partial charge in [0.1, 0.15) is 45.1 Å². The number of piperazine rings is 5. The predicted octanol–water partition coefficient (Wildman–Crippen LogP) is 9.57. The number of hydrogen-bond acceptors (Lipinski definition) is 26. The molecular formula is C94H98ClFN26O7. The van der Waals surface area contributed by atoms with Crippen LogP contribution in [0, 0.1) is 19.7 Å². The molecule has 19 heterocycles. The van der Waals surface area contributed by atoms with E-state index in [4.69, 9.17) is 30.4 Å². The average molecular weight is 1760 g/mol. The van der Waals surface area contributed by atoms with Crippen molar-refractivity contribution in [2.75, 3.05) is 136 Å². The Morgan fingerprint density at radius 3 is 1.07 bits per heavy atom. The van der Waals surface area contributed by atoms with Crippen molar-refractivity contribution in [3.8, 4) is 56.3 Å². The quantitative estimate of drug-likeness (QED) is 0.0850. The summed E-state index contributed by atoms with van der Waals surface area (Å²) >= 11 is 5.90. The summed E-state index contributed by atoms with van der Waals surface area (Å²) in [5.74, 6) is 0.777. The predicted molar refractivity (Wildman–Crippen MR) is 501 cm³/mol. The van der Waals surface area contributed by atoms with E-state index < -0.39 is 5.82 Å². The topological polar surface area (TPSA) is 336 Å². The Labute approximate surface area is 743 Å². The van der Waals surface area contributed by atoms with Gasteiger partial charge in [-0.1, -0.05) is 23.7 Å². The van der Waals surface area contributed by atoms with Gasteiger partial charge < -0.3 is 59.9 Å². The molecule has 0 spiro atoms. The van der Waals surface area contributed by atoms with Crippen molar-refractivity contribution in [3.63, 3.8) is 0 Å². The van der Waals surface area contributed by atoms with Crippen molar-refractivity contribution in [1.82, 2.24) is 103 Å². The molecule has 0 saturated carbocycles. The van der Waals surface area contributed by atoms with Gasteiger partial charge >= 0.3 is 0 Å². The molecule has 0 radical (unpaired) electrons. The van der Waals surface area contributed by atoms with Gasteiger partial charge in [0.25, 0.3) is 27.8 Å². The van der Waals surface area contributed by atoms with E-state index in [-0.39, 0.29) is 38.4 Å². The summed E-state index contributed by atoms with van der Waals surface area (Å²) < 4.78 is 36.2. The van der Waals surface area contributed by atoms with E-state index >= 15 is 0 Å². The highest BCUT2D eigenvalue weighted by Gasteiger charge is 2.28. The van der Waals surface area contributed by atoms with Crippen LogP contribution in [0.4, 0.5) is 32.8 Å². The number of rotatable bonds is 10. The lowest BCUT2D eigenvalue weighted by atomic mass is 10.0. The zero-order valence-electron chi connectivity index (χ0n) is 72.7. The van der Waals surface area contributed by atoms with Gasteiger partial charge in [-0.15, -0.1) is 0 Å². The number of nitrogens with one attached hydrogen (secondary N) is 5. The van der Waals surface area contributed by atoms with Crippen molar-refractivity contribution in [2.45, 2.75) is 59.2 Å². The van der Waals surface area contributed by atoms with Crippen molar-refractivity contribution in [2.24, 2.45) is 14.1 Å². The van der Waals surface area contributed by atoms with E-state index in [2.05, 4.69) is 114 Å². The van der Waals surface area contributed by atoms with Gasteiger partial charge in [-0.05, 0) is 131 Å². The molecule has 5 aliphatic rings. The summed E-state index contributed by atoms with van der Waals surface area (Å²) in [5.41, 5.74) is 17.5. The minimum atomic E-state index is -0.460. The number of aryl methyl sites for hydroxylation is 4. The van der Waals surface area contributed by atoms with Crippen molar-refractivity contribution < 1.29 is 13.2 Å². The molecule has 0 bridgehead atoms. The van der Waals surface area contributed by atoms with E-state index in [0.29, 0.717) is 97.3 Å². The summed E-state index contributed by atoms with van der Waals surface area (Å²) in [4.78, 5) is 106. The van der Waals surface area contributed by atoms with Gasteiger partial charge in [-0.2, -0.15) is 10.2 Å². The smallest absolute Gasteiger partial charge is 0.258 e.